The Balaban J connectivity index is 2.40. The Bertz CT molecular complexity index is 318. The van der Waals surface area contributed by atoms with E-state index in [1.54, 1.807) is 0 Å². The second kappa shape index (κ2) is 3.04. The zero-order chi connectivity index (χ0) is 9.42. The summed E-state index contributed by atoms with van der Waals surface area (Å²) in [6.07, 6.45) is 2.24. The van der Waals surface area contributed by atoms with Crippen LogP contribution in [0.4, 0.5) is 5.69 Å². The fourth-order valence-corrected chi connectivity index (χ4v) is 1.92. The maximum atomic E-state index is 5.96. The second-order valence-electron chi connectivity index (χ2n) is 3.92. The average molecular weight is 176 g/mol. The Kier molecular flexibility index (Phi) is 2.00. The molecule has 1 aromatic carbocycles. The van der Waals surface area contributed by atoms with Gasteiger partial charge in [0.25, 0.3) is 0 Å². The highest BCUT2D eigenvalue weighted by Crippen LogP contribution is 2.31. The van der Waals surface area contributed by atoms with E-state index in [4.69, 9.17) is 5.73 Å². The highest BCUT2D eigenvalue weighted by Gasteiger charge is 2.18. The lowest BCUT2D eigenvalue weighted by atomic mass is 10.1. The topological polar surface area (TPSA) is 29.3 Å². The van der Waals surface area contributed by atoms with E-state index in [0.29, 0.717) is 0 Å². The number of rotatable bonds is 1. The third-order valence-electron chi connectivity index (χ3n) is 2.77. The molecule has 1 aromatic rings. The molecule has 0 heterocycles. The molecule has 0 amide bonds. The zero-order valence-electron chi connectivity index (χ0n) is 8.25. The lowest BCUT2D eigenvalue weighted by molar-refractivity contribution is 0.713. The molecule has 2 rings (SSSR count). The van der Waals surface area contributed by atoms with Crippen LogP contribution in [0, 0.1) is 0 Å². The lowest BCUT2D eigenvalue weighted by Gasteiger charge is -2.14. The molecule has 1 aliphatic rings. The predicted molar refractivity (Wildman–Crippen MR) is 56.0 cm³/mol. The number of anilines is 1. The van der Waals surface area contributed by atoms with Crippen molar-refractivity contribution in [2.75, 3.05) is 19.0 Å². The maximum absolute atomic E-state index is 5.96. The summed E-state index contributed by atoms with van der Waals surface area (Å²) in [6.45, 7) is 0. The minimum atomic E-state index is 0.270. The highest BCUT2D eigenvalue weighted by atomic mass is 15.1. The standard InChI is InChI=1S/C11H16N2/c1-13(2)9-4-5-10-8(7-9)3-6-11(10)12/h4-5,7,11H,3,6,12H2,1-2H3/t11-/m0/s1. The van der Waals surface area contributed by atoms with Crippen LogP contribution in [0.2, 0.25) is 0 Å². The third kappa shape index (κ3) is 1.42. The summed E-state index contributed by atoms with van der Waals surface area (Å²) in [6, 6.07) is 6.83. The molecule has 1 atom stereocenters. The van der Waals surface area contributed by atoms with Crippen LogP contribution < -0.4 is 10.6 Å². The van der Waals surface area contributed by atoms with Gasteiger partial charge in [-0.25, -0.2) is 0 Å². The first-order valence-corrected chi connectivity index (χ1v) is 4.74. The molecule has 0 unspecified atom stereocenters. The Labute approximate surface area is 79.4 Å². The van der Waals surface area contributed by atoms with Crippen LogP contribution in [0.1, 0.15) is 23.6 Å². The Hall–Kier alpha value is -1.02. The Morgan fingerprint density at radius 1 is 1.38 bits per heavy atom. The SMILES string of the molecule is CN(C)c1ccc2c(c1)CC[C@@H]2N. The quantitative estimate of drug-likeness (QED) is 0.705. The molecule has 2 nitrogen and oxygen atoms in total. The van der Waals surface area contributed by atoms with Crippen LogP contribution >= 0.6 is 0 Å². The molecule has 0 saturated heterocycles. The zero-order valence-corrected chi connectivity index (χ0v) is 8.25. The van der Waals surface area contributed by atoms with Gasteiger partial charge in [0.1, 0.15) is 0 Å². The molecular weight excluding hydrogens is 160 g/mol. The third-order valence-corrected chi connectivity index (χ3v) is 2.77. The van der Waals surface area contributed by atoms with E-state index in [-0.39, 0.29) is 6.04 Å². The summed E-state index contributed by atoms with van der Waals surface area (Å²) in [7, 11) is 4.13. The molecule has 0 aliphatic heterocycles. The monoisotopic (exact) mass is 176 g/mol. The van der Waals surface area contributed by atoms with Gasteiger partial charge in [-0.2, -0.15) is 0 Å². The lowest BCUT2D eigenvalue weighted by Crippen LogP contribution is -2.09. The summed E-state index contributed by atoms with van der Waals surface area (Å²) in [4.78, 5) is 2.13. The van der Waals surface area contributed by atoms with Crippen molar-refractivity contribution in [1.29, 1.82) is 0 Å². The van der Waals surface area contributed by atoms with E-state index in [2.05, 4.69) is 37.2 Å². The Morgan fingerprint density at radius 2 is 2.15 bits per heavy atom. The number of nitrogens with zero attached hydrogens (tertiary/aromatic N) is 1. The number of benzene rings is 1. The number of fused-ring (bicyclic) bond motifs is 1. The first kappa shape index (κ1) is 8.57. The van der Waals surface area contributed by atoms with Crippen molar-refractivity contribution in [3.63, 3.8) is 0 Å². The van der Waals surface area contributed by atoms with Crippen molar-refractivity contribution in [3.8, 4) is 0 Å². The molecule has 2 heteroatoms. The van der Waals surface area contributed by atoms with Crippen LogP contribution in [0.5, 0.6) is 0 Å². The van der Waals surface area contributed by atoms with Gasteiger partial charge in [0.05, 0.1) is 0 Å². The van der Waals surface area contributed by atoms with Crippen LogP contribution in [0.15, 0.2) is 18.2 Å². The largest absolute Gasteiger partial charge is 0.378 e. The summed E-state index contributed by atoms with van der Waals surface area (Å²) < 4.78 is 0. The summed E-state index contributed by atoms with van der Waals surface area (Å²) >= 11 is 0. The van der Waals surface area contributed by atoms with Crippen molar-refractivity contribution in [2.45, 2.75) is 18.9 Å². The van der Waals surface area contributed by atoms with Crippen molar-refractivity contribution in [1.82, 2.24) is 0 Å². The first-order valence-electron chi connectivity index (χ1n) is 4.74. The van der Waals surface area contributed by atoms with Gasteiger partial charge in [-0.15, -0.1) is 0 Å². The average Bonchev–Trinajstić information content (AvgIpc) is 2.47. The maximum Gasteiger partial charge on any atom is 0.0363 e. The van der Waals surface area contributed by atoms with E-state index in [9.17, 15) is 0 Å². The molecule has 0 fully saturated rings. The fourth-order valence-electron chi connectivity index (χ4n) is 1.92. The molecule has 2 N–H and O–H groups in total. The molecule has 0 saturated carbocycles. The number of nitrogens with two attached hydrogens (primary N) is 1. The van der Waals surface area contributed by atoms with Crippen molar-refractivity contribution < 1.29 is 0 Å². The highest BCUT2D eigenvalue weighted by molar-refractivity contribution is 5.51. The summed E-state index contributed by atoms with van der Waals surface area (Å²) in [5.41, 5.74) is 10.00. The number of hydrogen-bond acceptors (Lipinski definition) is 2. The van der Waals surface area contributed by atoms with Crippen LogP contribution in [0.3, 0.4) is 0 Å². The predicted octanol–water partition coefficient (Wildman–Crippen LogP) is 1.70. The molecule has 13 heavy (non-hydrogen) atoms. The van der Waals surface area contributed by atoms with Gasteiger partial charge in [-0.1, -0.05) is 6.07 Å². The Morgan fingerprint density at radius 3 is 2.85 bits per heavy atom. The van der Waals surface area contributed by atoms with Gasteiger partial charge in [0, 0.05) is 25.8 Å². The van der Waals surface area contributed by atoms with Gasteiger partial charge in [0.2, 0.25) is 0 Å². The van der Waals surface area contributed by atoms with Crippen molar-refractivity contribution >= 4 is 5.69 Å². The van der Waals surface area contributed by atoms with E-state index < -0.39 is 0 Å². The molecular formula is C11H16N2. The van der Waals surface area contributed by atoms with Crippen LogP contribution in [-0.2, 0) is 6.42 Å². The molecule has 0 aromatic heterocycles. The molecule has 0 spiro atoms. The van der Waals surface area contributed by atoms with Crippen LogP contribution in [0.25, 0.3) is 0 Å². The van der Waals surface area contributed by atoms with Gasteiger partial charge in [-0.3, -0.25) is 0 Å². The minimum Gasteiger partial charge on any atom is -0.378 e. The second-order valence-corrected chi connectivity index (χ2v) is 3.92. The van der Waals surface area contributed by atoms with E-state index in [1.165, 1.54) is 16.8 Å². The normalized spacial score (nSPS) is 20.1. The van der Waals surface area contributed by atoms with Crippen molar-refractivity contribution in [2.24, 2.45) is 5.73 Å². The van der Waals surface area contributed by atoms with E-state index >= 15 is 0 Å². The molecule has 1 aliphatic carbocycles. The van der Waals surface area contributed by atoms with Crippen molar-refractivity contribution in [3.05, 3.63) is 29.3 Å². The summed E-state index contributed by atoms with van der Waals surface area (Å²) in [5, 5.41) is 0. The molecule has 0 radical (unpaired) electrons. The number of hydrogen-bond donors (Lipinski definition) is 1. The van der Waals surface area contributed by atoms with E-state index in [1.807, 2.05) is 0 Å². The number of aryl methyl sites for hydroxylation is 1. The van der Waals surface area contributed by atoms with Gasteiger partial charge >= 0.3 is 0 Å². The van der Waals surface area contributed by atoms with Crippen LogP contribution in [-0.4, -0.2) is 14.1 Å². The van der Waals surface area contributed by atoms with Gasteiger partial charge < -0.3 is 10.6 Å². The summed E-state index contributed by atoms with van der Waals surface area (Å²) in [5.74, 6) is 0. The molecule has 0 bridgehead atoms. The molecule has 70 valence electrons. The minimum absolute atomic E-state index is 0.270. The fraction of sp³-hybridized carbons (Fsp3) is 0.455. The van der Waals surface area contributed by atoms with Gasteiger partial charge in [0.15, 0.2) is 0 Å². The first-order chi connectivity index (χ1) is 6.18. The van der Waals surface area contributed by atoms with E-state index in [0.717, 1.165) is 12.8 Å². The smallest absolute Gasteiger partial charge is 0.0363 e. The van der Waals surface area contributed by atoms with Gasteiger partial charge in [-0.05, 0) is 36.1 Å².